The molecule has 74 valence electrons. The molecule has 0 aliphatic heterocycles. The molecule has 1 aromatic heterocycles. The largest absolute Gasteiger partial charge is 0.320 e. The Kier molecular flexibility index (Phi) is 2.98. The smallest absolute Gasteiger partial charge is 0.313 e. The van der Waals surface area contributed by atoms with Gasteiger partial charge in [-0.05, 0) is 20.9 Å². The van der Waals surface area contributed by atoms with Crippen molar-refractivity contribution < 1.29 is 8.78 Å². The standard InChI is InChI=1S/C8H13F2N3/c1-5-6(2)13(8(9)10)7(12-5)4-11-3/h8,11H,4H2,1-3H3. The van der Waals surface area contributed by atoms with Gasteiger partial charge in [-0.25, -0.2) is 4.98 Å². The molecule has 0 bridgehead atoms. The lowest BCUT2D eigenvalue weighted by molar-refractivity contribution is 0.0646. The van der Waals surface area contributed by atoms with E-state index in [-0.39, 0.29) is 0 Å². The maximum absolute atomic E-state index is 12.5. The highest BCUT2D eigenvalue weighted by atomic mass is 19.3. The summed E-state index contributed by atoms with van der Waals surface area (Å²) in [5.41, 5.74) is 1.19. The van der Waals surface area contributed by atoms with E-state index in [1.807, 2.05) is 0 Å². The van der Waals surface area contributed by atoms with E-state index in [1.165, 1.54) is 0 Å². The van der Waals surface area contributed by atoms with Gasteiger partial charge in [-0.1, -0.05) is 0 Å². The van der Waals surface area contributed by atoms with Crippen LogP contribution in [0.3, 0.4) is 0 Å². The second-order valence-corrected chi connectivity index (χ2v) is 2.88. The minimum absolute atomic E-state index is 0.360. The van der Waals surface area contributed by atoms with E-state index < -0.39 is 6.55 Å². The van der Waals surface area contributed by atoms with E-state index in [2.05, 4.69) is 10.3 Å². The summed E-state index contributed by atoms with van der Waals surface area (Å²) in [7, 11) is 1.70. The highest BCUT2D eigenvalue weighted by molar-refractivity contribution is 5.14. The maximum atomic E-state index is 12.5. The molecule has 3 nitrogen and oxygen atoms in total. The van der Waals surface area contributed by atoms with Crippen LogP contribution in [0.15, 0.2) is 0 Å². The van der Waals surface area contributed by atoms with Crippen LogP contribution in [-0.2, 0) is 6.54 Å². The van der Waals surface area contributed by atoms with Crippen molar-refractivity contribution >= 4 is 0 Å². The van der Waals surface area contributed by atoms with Crippen molar-refractivity contribution in [1.82, 2.24) is 14.9 Å². The SMILES string of the molecule is CNCc1nc(C)c(C)n1C(F)F. The third-order valence-corrected chi connectivity index (χ3v) is 1.99. The molecule has 5 heteroatoms. The number of aromatic nitrogens is 2. The number of aryl methyl sites for hydroxylation is 1. The minimum Gasteiger partial charge on any atom is -0.313 e. The fraction of sp³-hybridized carbons (Fsp3) is 0.625. The van der Waals surface area contributed by atoms with Crippen molar-refractivity contribution in [3.63, 3.8) is 0 Å². The highest BCUT2D eigenvalue weighted by Gasteiger charge is 2.16. The summed E-state index contributed by atoms with van der Waals surface area (Å²) in [5, 5.41) is 2.80. The Bertz CT molecular complexity index is 294. The molecule has 0 atom stereocenters. The van der Waals surface area contributed by atoms with Gasteiger partial charge in [0.2, 0.25) is 0 Å². The van der Waals surface area contributed by atoms with Crippen LogP contribution in [0.1, 0.15) is 23.8 Å². The fourth-order valence-electron chi connectivity index (χ4n) is 1.24. The summed E-state index contributed by atoms with van der Waals surface area (Å²) < 4.78 is 26.0. The molecule has 13 heavy (non-hydrogen) atoms. The monoisotopic (exact) mass is 189 g/mol. The minimum atomic E-state index is -2.51. The van der Waals surface area contributed by atoms with Crippen molar-refractivity contribution in [2.75, 3.05) is 7.05 Å². The maximum Gasteiger partial charge on any atom is 0.320 e. The zero-order valence-corrected chi connectivity index (χ0v) is 7.93. The molecule has 0 radical (unpaired) electrons. The van der Waals surface area contributed by atoms with Crippen LogP contribution >= 0.6 is 0 Å². The average molecular weight is 189 g/mol. The number of imidazole rings is 1. The lowest BCUT2D eigenvalue weighted by Crippen LogP contribution is -2.13. The predicted octanol–water partition coefficient (Wildman–Crippen LogP) is 1.61. The Morgan fingerprint density at radius 2 is 2.08 bits per heavy atom. The number of hydrogen-bond donors (Lipinski definition) is 1. The van der Waals surface area contributed by atoms with Gasteiger partial charge in [0, 0.05) is 5.69 Å². The van der Waals surface area contributed by atoms with Gasteiger partial charge in [0.1, 0.15) is 5.82 Å². The van der Waals surface area contributed by atoms with Crippen LogP contribution in [0.25, 0.3) is 0 Å². The van der Waals surface area contributed by atoms with Gasteiger partial charge in [-0.15, -0.1) is 0 Å². The van der Waals surface area contributed by atoms with Gasteiger partial charge in [0.05, 0.1) is 12.2 Å². The van der Waals surface area contributed by atoms with Crippen LogP contribution in [0, 0.1) is 13.8 Å². The zero-order chi connectivity index (χ0) is 10.0. The number of nitrogens with one attached hydrogen (secondary N) is 1. The first-order chi connectivity index (χ1) is 6.07. The van der Waals surface area contributed by atoms with Crippen LogP contribution in [0.4, 0.5) is 8.78 Å². The molecule has 0 amide bonds. The van der Waals surface area contributed by atoms with Gasteiger partial charge >= 0.3 is 6.55 Å². The predicted molar refractivity (Wildman–Crippen MR) is 45.7 cm³/mol. The van der Waals surface area contributed by atoms with Crippen molar-refractivity contribution in [2.45, 2.75) is 26.9 Å². The molecule has 1 N–H and O–H groups in total. The lowest BCUT2D eigenvalue weighted by atomic mass is 10.4. The third kappa shape index (κ3) is 1.85. The first kappa shape index (κ1) is 10.1. The third-order valence-electron chi connectivity index (χ3n) is 1.99. The molecule has 0 saturated heterocycles. The van der Waals surface area contributed by atoms with Crippen LogP contribution in [0.5, 0.6) is 0 Å². The molecule has 1 aromatic rings. The van der Waals surface area contributed by atoms with E-state index in [4.69, 9.17) is 0 Å². The summed E-state index contributed by atoms with van der Waals surface area (Å²) in [6, 6.07) is 0. The van der Waals surface area contributed by atoms with E-state index >= 15 is 0 Å². The Balaban J connectivity index is 3.11. The van der Waals surface area contributed by atoms with Crippen LogP contribution in [-0.4, -0.2) is 16.6 Å². The van der Waals surface area contributed by atoms with Crippen molar-refractivity contribution in [3.8, 4) is 0 Å². The fourth-order valence-corrected chi connectivity index (χ4v) is 1.24. The second-order valence-electron chi connectivity index (χ2n) is 2.88. The van der Waals surface area contributed by atoms with Crippen molar-refractivity contribution in [3.05, 3.63) is 17.2 Å². The number of hydrogen-bond acceptors (Lipinski definition) is 2. The Labute approximate surface area is 75.8 Å². The Hall–Kier alpha value is -0.970. The quantitative estimate of drug-likeness (QED) is 0.783. The normalized spacial score (nSPS) is 11.2. The number of rotatable bonds is 3. The summed E-state index contributed by atoms with van der Waals surface area (Å²) in [4.78, 5) is 4.04. The topological polar surface area (TPSA) is 29.9 Å². The molecule has 1 heterocycles. The molecule has 0 aliphatic carbocycles. The number of nitrogens with zero attached hydrogens (tertiary/aromatic N) is 2. The molecule has 0 unspecified atom stereocenters. The molecule has 0 aromatic carbocycles. The lowest BCUT2D eigenvalue weighted by Gasteiger charge is -2.07. The van der Waals surface area contributed by atoms with Crippen LogP contribution in [0.2, 0.25) is 0 Å². The van der Waals surface area contributed by atoms with Gasteiger partial charge in [-0.3, -0.25) is 4.57 Å². The summed E-state index contributed by atoms with van der Waals surface area (Å²) in [6.07, 6.45) is 0. The van der Waals surface area contributed by atoms with Crippen molar-refractivity contribution in [1.29, 1.82) is 0 Å². The Morgan fingerprint density at radius 3 is 2.54 bits per heavy atom. The van der Waals surface area contributed by atoms with Gasteiger partial charge in [0.15, 0.2) is 0 Å². The zero-order valence-electron chi connectivity index (χ0n) is 7.93. The molecule has 0 spiro atoms. The molecule has 0 aliphatic rings. The molecule has 1 rings (SSSR count). The first-order valence-corrected chi connectivity index (χ1v) is 4.05. The summed E-state index contributed by atoms with van der Waals surface area (Å²) >= 11 is 0. The first-order valence-electron chi connectivity index (χ1n) is 4.05. The van der Waals surface area contributed by atoms with Gasteiger partial charge in [0.25, 0.3) is 0 Å². The van der Waals surface area contributed by atoms with E-state index in [0.29, 0.717) is 23.8 Å². The van der Waals surface area contributed by atoms with Gasteiger partial charge < -0.3 is 5.32 Å². The Morgan fingerprint density at radius 1 is 1.46 bits per heavy atom. The van der Waals surface area contributed by atoms with E-state index in [1.54, 1.807) is 20.9 Å². The van der Waals surface area contributed by atoms with Crippen LogP contribution < -0.4 is 5.32 Å². The van der Waals surface area contributed by atoms with E-state index in [9.17, 15) is 8.78 Å². The van der Waals surface area contributed by atoms with E-state index in [0.717, 1.165) is 4.57 Å². The summed E-state index contributed by atoms with van der Waals surface area (Å²) in [6.45, 7) is 1.23. The number of alkyl halides is 2. The summed E-state index contributed by atoms with van der Waals surface area (Å²) in [5.74, 6) is 0.382. The molecular weight excluding hydrogens is 176 g/mol. The van der Waals surface area contributed by atoms with Crippen molar-refractivity contribution in [2.24, 2.45) is 0 Å². The molecule has 0 fully saturated rings. The molecular formula is C8H13F2N3. The molecule has 0 saturated carbocycles. The second kappa shape index (κ2) is 3.83. The van der Waals surface area contributed by atoms with Gasteiger partial charge in [-0.2, -0.15) is 8.78 Å². The average Bonchev–Trinajstić information content (AvgIpc) is 2.28. The highest BCUT2D eigenvalue weighted by Crippen LogP contribution is 2.19. The number of halogens is 2.